The first-order valence-corrected chi connectivity index (χ1v) is 10.6. The van der Waals surface area contributed by atoms with Gasteiger partial charge in [-0.25, -0.2) is 0 Å². The van der Waals surface area contributed by atoms with Crippen LogP contribution in [0.3, 0.4) is 0 Å². The van der Waals surface area contributed by atoms with Crippen molar-refractivity contribution in [1.82, 2.24) is 0 Å². The number of carbonyl (C=O) groups is 2. The van der Waals surface area contributed by atoms with Gasteiger partial charge in [0.15, 0.2) is 0 Å². The minimum absolute atomic E-state index is 0. The van der Waals surface area contributed by atoms with Crippen molar-refractivity contribution < 1.29 is 25.3 Å². The Labute approximate surface area is 203 Å². The Hall–Kier alpha value is -2.13. The van der Waals surface area contributed by atoms with Crippen LogP contribution in [0.15, 0.2) is 48.5 Å². The van der Waals surface area contributed by atoms with Gasteiger partial charge in [-0.15, -0.1) is 0 Å². The van der Waals surface area contributed by atoms with Gasteiger partial charge in [0.05, 0.1) is 11.8 Å². The van der Waals surface area contributed by atoms with Crippen molar-refractivity contribution in [3.8, 4) is 0 Å². The van der Waals surface area contributed by atoms with E-state index >= 15 is 0 Å². The Bertz CT molecular complexity index is 728. The fraction of sp³-hybridized carbons (Fsp3) is 0.462. The lowest BCUT2D eigenvalue weighted by molar-refractivity contribution is -0.139. The Balaban J connectivity index is 0. The number of rotatable bonds is 8. The molecule has 0 saturated heterocycles. The van der Waals surface area contributed by atoms with E-state index in [0.717, 1.165) is 24.0 Å². The third-order valence-corrected chi connectivity index (χ3v) is 4.99. The summed E-state index contributed by atoms with van der Waals surface area (Å²) in [6.07, 6.45) is 2.09. The second-order valence-electron chi connectivity index (χ2n) is 8.80. The molecule has 32 heavy (non-hydrogen) atoms. The van der Waals surface area contributed by atoms with Gasteiger partial charge < -0.3 is 15.7 Å². The molecular formula is C26H38AlO5. The van der Waals surface area contributed by atoms with Crippen LogP contribution in [0, 0.1) is 11.8 Å². The molecule has 0 aliphatic rings. The summed E-state index contributed by atoms with van der Waals surface area (Å²) in [4.78, 5) is 21.5. The molecule has 2 aromatic rings. The molecule has 0 bridgehead atoms. The predicted octanol–water partition coefficient (Wildman–Crippen LogP) is 4.94. The van der Waals surface area contributed by atoms with Gasteiger partial charge >= 0.3 is 11.9 Å². The molecule has 2 atom stereocenters. The van der Waals surface area contributed by atoms with Crippen molar-refractivity contribution in [2.75, 3.05) is 0 Å². The lowest BCUT2D eigenvalue weighted by atomic mass is 9.97. The lowest BCUT2D eigenvalue weighted by Crippen LogP contribution is -2.07. The van der Waals surface area contributed by atoms with Crippen molar-refractivity contribution in [3.63, 3.8) is 0 Å². The summed E-state index contributed by atoms with van der Waals surface area (Å²) < 4.78 is 0. The maximum Gasteiger partial charge on any atom is 0.310 e. The number of aliphatic carboxylic acids is 2. The van der Waals surface area contributed by atoms with Crippen LogP contribution in [-0.2, 0) is 22.4 Å². The zero-order valence-corrected chi connectivity index (χ0v) is 21.3. The first-order valence-electron chi connectivity index (χ1n) is 10.6. The Kier molecular flexibility index (Phi) is 15.7. The average Bonchev–Trinajstić information content (AvgIpc) is 2.67. The third-order valence-electron chi connectivity index (χ3n) is 4.99. The van der Waals surface area contributed by atoms with Crippen LogP contribution in [0.25, 0.3) is 0 Å². The number of carboxylic acids is 2. The second kappa shape index (κ2) is 15.6. The van der Waals surface area contributed by atoms with Gasteiger partial charge in [-0.1, -0.05) is 76.2 Å². The summed E-state index contributed by atoms with van der Waals surface area (Å²) >= 11 is 0. The van der Waals surface area contributed by atoms with Gasteiger partial charge in [0, 0.05) is 17.4 Å². The van der Waals surface area contributed by atoms with Crippen LogP contribution >= 0.6 is 0 Å². The van der Waals surface area contributed by atoms with E-state index in [4.69, 9.17) is 10.2 Å². The van der Waals surface area contributed by atoms with Crippen molar-refractivity contribution >= 4 is 29.3 Å². The van der Waals surface area contributed by atoms with E-state index in [1.807, 2.05) is 48.5 Å². The van der Waals surface area contributed by atoms with Gasteiger partial charge in [0.2, 0.25) is 0 Å². The topological polar surface area (TPSA) is 106 Å². The first-order chi connectivity index (χ1) is 14.0. The highest BCUT2D eigenvalue weighted by Gasteiger charge is 2.13. The minimum Gasteiger partial charge on any atom is -0.481 e. The summed E-state index contributed by atoms with van der Waals surface area (Å²) in [5.74, 6) is -1.12. The molecule has 2 aromatic carbocycles. The molecule has 3 radical (unpaired) electrons. The molecule has 2 rings (SSSR count). The average molecular weight is 458 g/mol. The van der Waals surface area contributed by atoms with E-state index in [9.17, 15) is 9.59 Å². The van der Waals surface area contributed by atoms with Crippen LogP contribution in [0.2, 0.25) is 0 Å². The zero-order valence-electron chi connectivity index (χ0n) is 20.1. The zero-order chi connectivity index (χ0) is 22.8. The Morgan fingerprint density at radius 2 is 0.875 bits per heavy atom. The number of carboxylic acid groups (broad SMARTS) is 2. The SMILES string of the molecule is CC(C)Cc1ccc(C(C)C(=O)O)cc1.CC(C)Cc1ccc(C(C)C(=O)O)cc1.O.[Al]. The smallest absolute Gasteiger partial charge is 0.310 e. The van der Waals surface area contributed by atoms with Gasteiger partial charge in [-0.2, -0.15) is 0 Å². The van der Waals surface area contributed by atoms with E-state index in [1.54, 1.807) is 13.8 Å². The summed E-state index contributed by atoms with van der Waals surface area (Å²) in [7, 11) is 0. The molecule has 4 N–H and O–H groups in total. The first kappa shape index (κ1) is 32.1. The molecule has 6 heteroatoms. The molecule has 5 nitrogen and oxygen atoms in total. The molecule has 0 saturated carbocycles. The van der Waals surface area contributed by atoms with Gasteiger partial charge in [-0.05, 0) is 60.8 Å². The molecule has 2 unspecified atom stereocenters. The molecule has 0 aliphatic carbocycles. The van der Waals surface area contributed by atoms with E-state index in [-0.39, 0.29) is 22.8 Å². The highest BCUT2D eigenvalue weighted by molar-refractivity contribution is 5.76. The van der Waals surface area contributed by atoms with Crippen molar-refractivity contribution in [1.29, 1.82) is 0 Å². The van der Waals surface area contributed by atoms with E-state index in [0.29, 0.717) is 11.8 Å². The van der Waals surface area contributed by atoms with Crippen LogP contribution in [0.1, 0.15) is 75.6 Å². The Morgan fingerprint density at radius 3 is 1.06 bits per heavy atom. The summed E-state index contributed by atoms with van der Waals surface area (Å²) in [6.45, 7) is 12.1. The van der Waals surface area contributed by atoms with Gasteiger partial charge in [-0.3, -0.25) is 9.59 Å². The van der Waals surface area contributed by atoms with Crippen LogP contribution in [0.4, 0.5) is 0 Å². The monoisotopic (exact) mass is 457 g/mol. The number of hydrogen-bond donors (Lipinski definition) is 2. The molecule has 0 fully saturated rings. The largest absolute Gasteiger partial charge is 0.481 e. The standard InChI is InChI=1S/2C13H18O2.Al.H2O/c2*1-9(2)8-11-4-6-12(7-5-11)10(3)13(14)15;;/h2*4-7,9-10H,8H2,1-3H3,(H,14,15);;1H2. The van der Waals surface area contributed by atoms with Crippen molar-refractivity contribution in [3.05, 3.63) is 70.8 Å². The fourth-order valence-corrected chi connectivity index (χ4v) is 3.11. The molecular weight excluding hydrogens is 419 g/mol. The number of hydrogen-bond acceptors (Lipinski definition) is 2. The van der Waals surface area contributed by atoms with E-state index < -0.39 is 23.8 Å². The highest BCUT2D eigenvalue weighted by Crippen LogP contribution is 2.18. The fourth-order valence-electron chi connectivity index (χ4n) is 3.11. The van der Waals surface area contributed by atoms with Crippen molar-refractivity contribution in [2.45, 2.75) is 66.2 Å². The highest BCUT2D eigenvalue weighted by atomic mass is 27.0. The number of benzene rings is 2. The normalized spacial score (nSPS) is 12.0. The quantitative estimate of drug-likeness (QED) is 0.548. The predicted molar refractivity (Wildman–Crippen MR) is 131 cm³/mol. The Morgan fingerprint density at radius 1 is 0.625 bits per heavy atom. The van der Waals surface area contributed by atoms with Gasteiger partial charge in [0.25, 0.3) is 0 Å². The summed E-state index contributed by atoms with van der Waals surface area (Å²) in [5.41, 5.74) is 4.28. The maximum atomic E-state index is 10.8. The van der Waals surface area contributed by atoms with E-state index in [1.165, 1.54) is 11.1 Å². The van der Waals surface area contributed by atoms with Crippen molar-refractivity contribution in [2.24, 2.45) is 11.8 Å². The van der Waals surface area contributed by atoms with Gasteiger partial charge in [0.1, 0.15) is 0 Å². The summed E-state index contributed by atoms with van der Waals surface area (Å²) in [5, 5.41) is 17.7. The molecule has 175 valence electrons. The minimum atomic E-state index is -0.772. The van der Waals surface area contributed by atoms with Crippen LogP contribution in [-0.4, -0.2) is 45.0 Å². The van der Waals surface area contributed by atoms with E-state index in [2.05, 4.69) is 27.7 Å². The lowest BCUT2D eigenvalue weighted by Gasteiger charge is -2.09. The second-order valence-corrected chi connectivity index (χ2v) is 8.80. The van der Waals surface area contributed by atoms with Crippen LogP contribution in [0.5, 0.6) is 0 Å². The molecule has 0 spiro atoms. The third kappa shape index (κ3) is 11.5. The molecule has 0 amide bonds. The molecule has 0 aromatic heterocycles. The van der Waals surface area contributed by atoms with Crippen LogP contribution < -0.4 is 0 Å². The summed E-state index contributed by atoms with van der Waals surface area (Å²) in [6, 6.07) is 15.7. The molecule has 0 heterocycles. The molecule has 0 aliphatic heterocycles. The maximum absolute atomic E-state index is 10.8.